The minimum absolute atomic E-state index is 0. The highest BCUT2D eigenvalue weighted by Gasteiger charge is 2.12. The van der Waals surface area contributed by atoms with Crippen molar-refractivity contribution in [1.82, 2.24) is 4.98 Å². The lowest BCUT2D eigenvalue weighted by atomic mass is 10.2. The molecule has 0 aliphatic rings. The van der Waals surface area contributed by atoms with Gasteiger partial charge in [0.25, 0.3) is 10.1 Å². The molecule has 0 unspecified atom stereocenters. The third kappa shape index (κ3) is 2.26. The average Bonchev–Trinajstić information content (AvgIpc) is 2.15. The highest BCUT2D eigenvalue weighted by atomic mass is 35.5. The molecule has 6 heteroatoms. The summed E-state index contributed by atoms with van der Waals surface area (Å²) in [5, 5.41) is 1.16. The molecule has 1 aromatic heterocycles. The summed E-state index contributed by atoms with van der Waals surface area (Å²) >= 11 is 0. The predicted octanol–water partition coefficient (Wildman–Crippen LogP) is 1.90. The van der Waals surface area contributed by atoms with Gasteiger partial charge in [-0.05, 0) is 12.1 Å². The third-order valence-electron chi connectivity index (χ3n) is 1.92. The van der Waals surface area contributed by atoms with Gasteiger partial charge in [0.05, 0.1) is 0 Å². The molecule has 2 rings (SSSR count). The summed E-state index contributed by atoms with van der Waals surface area (Å²) in [6, 6.07) is 6.21. The number of nitrogens with zero attached hydrogens (tertiary/aromatic N) is 1. The van der Waals surface area contributed by atoms with Crippen molar-refractivity contribution in [3.63, 3.8) is 0 Å². The number of halogens is 1. The van der Waals surface area contributed by atoms with E-state index in [1.807, 2.05) is 0 Å². The quantitative estimate of drug-likeness (QED) is 0.780. The molecule has 1 heterocycles. The van der Waals surface area contributed by atoms with Crippen molar-refractivity contribution in [3.05, 3.63) is 36.7 Å². The van der Waals surface area contributed by atoms with Gasteiger partial charge in [0, 0.05) is 23.2 Å². The van der Waals surface area contributed by atoms with Crippen LogP contribution in [0.2, 0.25) is 0 Å². The lowest BCUT2D eigenvalue weighted by Gasteiger charge is -2.01. The Bertz CT molecular complexity index is 577. The van der Waals surface area contributed by atoms with Gasteiger partial charge in [-0.1, -0.05) is 12.1 Å². The Balaban J connectivity index is 0.00000112. The van der Waals surface area contributed by atoms with Crippen LogP contribution >= 0.6 is 12.4 Å². The highest BCUT2D eigenvalue weighted by molar-refractivity contribution is 7.86. The summed E-state index contributed by atoms with van der Waals surface area (Å²) in [4.78, 5) is 3.77. The number of fused-ring (bicyclic) bond motifs is 1. The summed E-state index contributed by atoms with van der Waals surface area (Å²) in [5.41, 5.74) is 0. The van der Waals surface area contributed by atoms with E-state index < -0.39 is 10.1 Å². The lowest BCUT2D eigenvalue weighted by molar-refractivity contribution is 0.484. The predicted molar refractivity (Wildman–Crippen MR) is 58.8 cm³/mol. The van der Waals surface area contributed by atoms with Gasteiger partial charge in [0.2, 0.25) is 0 Å². The maximum atomic E-state index is 11.0. The van der Waals surface area contributed by atoms with Crippen LogP contribution in [-0.4, -0.2) is 18.0 Å². The van der Waals surface area contributed by atoms with Gasteiger partial charge in [-0.15, -0.1) is 12.4 Å². The van der Waals surface area contributed by atoms with E-state index in [0.29, 0.717) is 10.8 Å². The summed E-state index contributed by atoms with van der Waals surface area (Å²) in [5.74, 6) is 0. The van der Waals surface area contributed by atoms with E-state index in [-0.39, 0.29) is 17.3 Å². The Morgan fingerprint density at radius 2 is 1.93 bits per heavy atom. The molecule has 0 aliphatic heterocycles. The zero-order chi connectivity index (χ0) is 10.2. The molecule has 0 spiro atoms. The van der Waals surface area contributed by atoms with E-state index >= 15 is 0 Å². The fourth-order valence-electron chi connectivity index (χ4n) is 1.32. The van der Waals surface area contributed by atoms with Gasteiger partial charge < -0.3 is 0 Å². The van der Waals surface area contributed by atoms with Crippen molar-refractivity contribution in [2.24, 2.45) is 0 Å². The Morgan fingerprint density at radius 1 is 1.20 bits per heavy atom. The van der Waals surface area contributed by atoms with Crippen LogP contribution in [0.5, 0.6) is 0 Å². The molecule has 15 heavy (non-hydrogen) atoms. The fraction of sp³-hybridized carbons (Fsp3) is 0. The van der Waals surface area contributed by atoms with Crippen LogP contribution in [0.4, 0.5) is 0 Å². The zero-order valence-electron chi connectivity index (χ0n) is 7.49. The van der Waals surface area contributed by atoms with Crippen molar-refractivity contribution in [2.75, 3.05) is 0 Å². The van der Waals surface area contributed by atoms with Gasteiger partial charge in [-0.2, -0.15) is 8.42 Å². The number of aromatic nitrogens is 1. The molecule has 4 nitrogen and oxygen atoms in total. The molecule has 1 N–H and O–H groups in total. The van der Waals surface area contributed by atoms with Crippen LogP contribution in [0, 0.1) is 0 Å². The van der Waals surface area contributed by atoms with E-state index in [4.69, 9.17) is 4.55 Å². The van der Waals surface area contributed by atoms with Crippen LogP contribution in [0.3, 0.4) is 0 Å². The molecule has 0 fully saturated rings. The van der Waals surface area contributed by atoms with Gasteiger partial charge in [0.15, 0.2) is 0 Å². The van der Waals surface area contributed by atoms with Crippen molar-refractivity contribution in [3.8, 4) is 0 Å². The first-order valence-corrected chi connectivity index (χ1v) is 5.33. The van der Waals surface area contributed by atoms with E-state index in [1.165, 1.54) is 12.3 Å². The maximum Gasteiger partial charge on any atom is 0.295 e. The van der Waals surface area contributed by atoms with Crippen molar-refractivity contribution >= 4 is 33.3 Å². The minimum atomic E-state index is -4.16. The first-order chi connectivity index (χ1) is 6.59. The monoisotopic (exact) mass is 245 g/mol. The molecule has 0 saturated carbocycles. The van der Waals surface area contributed by atoms with Gasteiger partial charge in [-0.3, -0.25) is 9.54 Å². The first-order valence-electron chi connectivity index (χ1n) is 3.89. The molecule has 2 aromatic rings. The third-order valence-corrected chi connectivity index (χ3v) is 2.83. The summed E-state index contributed by atoms with van der Waals surface area (Å²) < 4.78 is 30.9. The number of benzene rings is 1. The van der Waals surface area contributed by atoms with Gasteiger partial charge in [-0.25, -0.2) is 0 Å². The average molecular weight is 246 g/mol. The van der Waals surface area contributed by atoms with E-state index in [9.17, 15) is 8.42 Å². The SMILES string of the molecule is Cl.O=S(=O)(O)c1cccc2cnccc12. The summed E-state index contributed by atoms with van der Waals surface area (Å²) in [6.45, 7) is 0. The van der Waals surface area contributed by atoms with Gasteiger partial charge in [0.1, 0.15) is 4.90 Å². The largest absolute Gasteiger partial charge is 0.295 e. The van der Waals surface area contributed by atoms with Crippen LogP contribution in [-0.2, 0) is 10.1 Å². The minimum Gasteiger partial charge on any atom is -0.282 e. The maximum absolute atomic E-state index is 11.0. The molecule has 0 aliphatic carbocycles. The van der Waals surface area contributed by atoms with E-state index in [0.717, 1.165) is 0 Å². The molecule has 0 radical (unpaired) electrons. The van der Waals surface area contributed by atoms with E-state index in [1.54, 1.807) is 24.4 Å². The molecular weight excluding hydrogens is 238 g/mol. The van der Waals surface area contributed by atoms with Crippen LogP contribution in [0.1, 0.15) is 0 Å². The number of pyridine rings is 1. The number of rotatable bonds is 1. The van der Waals surface area contributed by atoms with Crippen LogP contribution in [0.15, 0.2) is 41.6 Å². The van der Waals surface area contributed by atoms with Crippen molar-refractivity contribution in [1.29, 1.82) is 0 Å². The van der Waals surface area contributed by atoms with Crippen molar-refractivity contribution in [2.45, 2.75) is 4.90 Å². The highest BCUT2D eigenvalue weighted by Crippen LogP contribution is 2.21. The Hall–Kier alpha value is -1.17. The number of hydrogen-bond acceptors (Lipinski definition) is 3. The molecule has 0 atom stereocenters. The molecule has 1 aromatic carbocycles. The van der Waals surface area contributed by atoms with Crippen LogP contribution < -0.4 is 0 Å². The van der Waals surface area contributed by atoms with Crippen LogP contribution in [0.25, 0.3) is 10.8 Å². The molecule has 0 saturated heterocycles. The molecule has 80 valence electrons. The number of hydrogen-bond donors (Lipinski definition) is 1. The van der Waals surface area contributed by atoms with Gasteiger partial charge >= 0.3 is 0 Å². The topological polar surface area (TPSA) is 67.3 Å². The Morgan fingerprint density at radius 3 is 2.60 bits per heavy atom. The second-order valence-electron chi connectivity index (χ2n) is 2.83. The Kier molecular flexibility index (Phi) is 3.28. The first kappa shape index (κ1) is 11.9. The molecule has 0 bridgehead atoms. The molecule has 0 amide bonds. The van der Waals surface area contributed by atoms with Crippen molar-refractivity contribution < 1.29 is 13.0 Å². The molecular formula is C9H8ClNO3S. The van der Waals surface area contributed by atoms with E-state index in [2.05, 4.69) is 4.98 Å². The standard InChI is InChI=1S/C9H7NO3S.ClH/c11-14(12,13)9-3-1-2-7-6-10-5-4-8(7)9;/h1-6H,(H,11,12,13);1H. The fourth-order valence-corrected chi connectivity index (χ4v) is 2.03. The summed E-state index contributed by atoms with van der Waals surface area (Å²) in [6.07, 6.45) is 3.03. The second kappa shape index (κ2) is 4.14. The lowest BCUT2D eigenvalue weighted by Crippen LogP contribution is -1.98. The summed E-state index contributed by atoms with van der Waals surface area (Å²) in [7, 11) is -4.16. The second-order valence-corrected chi connectivity index (χ2v) is 4.22. The normalized spacial score (nSPS) is 11.0. The zero-order valence-corrected chi connectivity index (χ0v) is 9.12. The Labute approximate surface area is 93.1 Å². The smallest absolute Gasteiger partial charge is 0.282 e.